The molecule has 0 saturated heterocycles. The van der Waals surface area contributed by atoms with Crippen LogP contribution >= 0.6 is 0 Å². The molecule has 104 valence electrons. The fourth-order valence-corrected chi connectivity index (χ4v) is 4.35. The van der Waals surface area contributed by atoms with Gasteiger partial charge in [-0.05, 0) is 24.1 Å². The molecule has 0 bridgehead atoms. The molecule has 1 heterocycles. The van der Waals surface area contributed by atoms with E-state index in [9.17, 15) is 16.8 Å². The molecule has 0 unspecified atom stereocenters. The highest BCUT2D eigenvalue weighted by Crippen LogP contribution is 2.14. The lowest BCUT2D eigenvalue weighted by Gasteiger charge is -2.11. The van der Waals surface area contributed by atoms with E-state index in [1.165, 1.54) is 18.2 Å². The summed E-state index contributed by atoms with van der Waals surface area (Å²) in [5.41, 5.74) is 1.04. The first-order chi connectivity index (χ1) is 8.82. The third-order valence-corrected chi connectivity index (χ3v) is 5.78. The van der Waals surface area contributed by atoms with E-state index in [0.717, 1.165) is 17.4 Å². The molecule has 0 saturated carbocycles. The van der Waals surface area contributed by atoms with Gasteiger partial charge in [-0.1, -0.05) is 25.1 Å². The van der Waals surface area contributed by atoms with Gasteiger partial charge in [0.15, 0.2) is 9.84 Å². The van der Waals surface area contributed by atoms with Gasteiger partial charge < -0.3 is 0 Å². The Hall–Kier alpha value is -1.18. The molecule has 7 heteroatoms. The van der Waals surface area contributed by atoms with Crippen LogP contribution in [0.15, 0.2) is 40.6 Å². The molecule has 1 atom stereocenters. The van der Waals surface area contributed by atoms with Crippen molar-refractivity contribution in [3.8, 4) is 0 Å². The largest absolute Gasteiger partial charge is 0.241 e. The summed E-state index contributed by atoms with van der Waals surface area (Å²) in [5.74, 6) is -0.223. The first kappa shape index (κ1) is 14.2. The second kappa shape index (κ2) is 5.07. The minimum Gasteiger partial charge on any atom is -0.224 e. The number of benzene rings is 1. The van der Waals surface area contributed by atoms with Crippen molar-refractivity contribution in [2.75, 3.05) is 5.75 Å². The summed E-state index contributed by atoms with van der Waals surface area (Å²) in [6, 6.07) is 5.84. The zero-order valence-corrected chi connectivity index (χ0v) is 12.0. The van der Waals surface area contributed by atoms with Crippen molar-refractivity contribution in [2.24, 2.45) is 0 Å². The van der Waals surface area contributed by atoms with Gasteiger partial charge in [0.05, 0.1) is 16.7 Å². The van der Waals surface area contributed by atoms with Crippen LogP contribution in [0, 0.1) is 0 Å². The zero-order chi connectivity index (χ0) is 14.1. The fourth-order valence-electron chi connectivity index (χ4n) is 1.82. The van der Waals surface area contributed by atoms with E-state index in [4.69, 9.17) is 0 Å². The lowest BCUT2D eigenvalue weighted by Crippen LogP contribution is -2.35. The SMILES string of the molecule is CCc1ccc(S(=O)(=O)N[C@H]2C=CS(=O)(=O)C2)cc1. The van der Waals surface area contributed by atoms with Gasteiger partial charge in [-0.3, -0.25) is 0 Å². The van der Waals surface area contributed by atoms with Crippen LogP contribution in [-0.4, -0.2) is 28.6 Å². The van der Waals surface area contributed by atoms with E-state index in [2.05, 4.69) is 4.72 Å². The predicted molar refractivity (Wildman–Crippen MR) is 72.9 cm³/mol. The molecular weight excluding hydrogens is 286 g/mol. The molecular formula is C12H15NO4S2. The number of sulfonamides is 1. The molecule has 1 aromatic rings. The predicted octanol–water partition coefficient (Wildman–Crippen LogP) is 0.838. The van der Waals surface area contributed by atoms with Crippen molar-refractivity contribution >= 4 is 19.9 Å². The van der Waals surface area contributed by atoms with Crippen molar-refractivity contribution in [3.05, 3.63) is 41.3 Å². The molecule has 0 aromatic heterocycles. The van der Waals surface area contributed by atoms with E-state index in [-0.39, 0.29) is 10.6 Å². The Morgan fingerprint density at radius 1 is 1.26 bits per heavy atom. The molecule has 0 fully saturated rings. The van der Waals surface area contributed by atoms with Crippen LogP contribution in [0.4, 0.5) is 0 Å². The highest BCUT2D eigenvalue weighted by molar-refractivity contribution is 7.94. The van der Waals surface area contributed by atoms with Gasteiger partial charge in [0.1, 0.15) is 0 Å². The maximum Gasteiger partial charge on any atom is 0.241 e. The Morgan fingerprint density at radius 3 is 2.37 bits per heavy atom. The molecule has 1 N–H and O–H groups in total. The first-order valence-electron chi connectivity index (χ1n) is 5.84. The minimum absolute atomic E-state index is 0.141. The molecule has 19 heavy (non-hydrogen) atoms. The number of hydrogen-bond acceptors (Lipinski definition) is 4. The van der Waals surface area contributed by atoms with Gasteiger partial charge in [-0.2, -0.15) is 0 Å². The number of rotatable bonds is 4. The molecule has 2 rings (SSSR count). The van der Waals surface area contributed by atoms with Crippen molar-refractivity contribution in [2.45, 2.75) is 24.3 Å². The van der Waals surface area contributed by atoms with Crippen LogP contribution in [0.25, 0.3) is 0 Å². The van der Waals surface area contributed by atoms with E-state index in [0.29, 0.717) is 0 Å². The highest BCUT2D eigenvalue weighted by atomic mass is 32.2. The number of nitrogens with one attached hydrogen (secondary N) is 1. The Kier molecular flexibility index (Phi) is 3.80. The van der Waals surface area contributed by atoms with Gasteiger partial charge in [-0.25, -0.2) is 21.6 Å². The summed E-state index contributed by atoms with van der Waals surface area (Å²) in [6.45, 7) is 1.98. The summed E-state index contributed by atoms with van der Waals surface area (Å²) in [7, 11) is -6.95. The summed E-state index contributed by atoms with van der Waals surface area (Å²) >= 11 is 0. The average molecular weight is 301 g/mol. The number of aryl methyl sites for hydroxylation is 1. The van der Waals surface area contributed by atoms with Crippen LogP contribution in [0.3, 0.4) is 0 Å². The minimum atomic E-state index is -3.68. The topological polar surface area (TPSA) is 80.3 Å². The third kappa shape index (κ3) is 3.43. The van der Waals surface area contributed by atoms with E-state index >= 15 is 0 Å². The smallest absolute Gasteiger partial charge is 0.224 e. The molecule has 0 aliphatic carbocycles. The van der Waals surface area contributed by atoms with E-state index < -0.39 is 25.9 Å². The Labute approximate surface area is 113 Å². The highest BCUT2D eigenvalue weighted by Gasteiger charge is 2.26. The quantitative estimate of drug-likeness (QED) is 0.893. The van der Waals surface area contributed by atoms with Crippen LogP contribution in [0.5, 0.6) is 0 Å². The molecule has 1 aromatic carbocycles. The summed E-state index contributed by atoms with van der Waals surface area (Å²) in [6.07, 6.45) is 2.19. The zero-order valence-electron chi connectivity index (χ0n) is 10.4. The fraction of sp³-hybridized carbons (Fsp3) is 0.333. The van der Waals surface area contributed by atoms with Gasteiger partial charge in [0.2, 0.25) is 10.0 Å². The van der Waals surface area contributed by atoms with Gasteiger partial charge >= 0.3 is 0 Å². The van der Waals surface area contributed by atoms with Crippen molar-refractivity contribution in [1.82, 2.24) is 4.72 Å². The average Bonchev–Trinajstić information content (AvgIpc) is 2.68. The third-order valence-electron chi connectivity index (χ3n) is 2.88. The molecule has 1 aliphatic heterocycles. The van der Waals surface area contributed by atoms with Gasteiger partial charge in [-0.15, -0.1) is 0 Å². The Balaban J connectivity index is 2.17. The Bertz CT molecular complexity index is 688. The van der Waals surface area contributed by atoms with Crippen LogP contribution in [0.1, 0.15) is 12.5 Å². The summed E-state index contributed by atoms with van der Waals surface area (Å²) < 4.78 is 48.9. The van der Waals surface area contributed by atoms with Crippen LogP contribution in [-0.2, 0) is 26.3 Å². The van der Waals surface area contributed by atoms with Crippen LogP contribution < -0.4 is 4.72 Å². The lowest BCUT2D eigenvalue weighted by molar-refractivity contribution is 0.575. The van der Waals surface area contributed by atoms with E-state index in [1.807, 2.05) is 6.92 Å². The van der Waals surface area contributed by atoms with Gasteiger partial charge in [0, 0.05) is 5.41 Å². The van der Waals surface area contributed by atoms with Crippen molar-refractivity contribution < 1.29 is 16.8 Å². The van der Waals surface area contributed by atoms with Gasteiger partial charge in [0.25, 0.3) is 0 Å². The molecule has 1 aliphatic rings. The molecule has 5 nitrogen and oxygen atoms in total. The standard InChI is InChI=1S/C12H15NO4S2/c1-2-10-3-5-12(6-4-10)19(16,17)13-11-7-8-18(14,15)9-11/h3-8,11,13H,2,9H2,1H3/t11-/m0/s1. The number of sulfone groups is 1. The van der Waals surface area contributed by atoms with E-state index in [1.54, 1.807) is 12.1 Å². The molecule has 0 amide bonds. The molecule has 0 radical (unpaired) electrons. The maximum absolute atomic E-state index is 12.1. The lowest BCUT2D eigenvalue weighted by atomic mass is 10.2. The summed E-state index contributed by atoms with van der Waals surface area (Å²) in [5, 5.41) is 1.04. The van der Waals surface area contributed by atoms with Crippen molar-refractivity contribution in [3.63, 3.8) is 0 Å². The normalized spacial score (nSPS) is 21.6. The first-order valence-corrected chi connectivity index (χ1v) is 9.04. The second-order valence-corrected chi connectivity index (χ2v) is 8.03. The maximum atomic E-state index is 12.1. The summed E-state index contributed by atoms with van der Waals surface area (Å²) in [4.78, 5) is 0.141. The Morgan fingerprint density at radius 2 is 1.89 bits per heavy atom. The molecule has 0 spiro atoms. The van der Waals surface area contributed by atoms with Crippen molar-refractivity contribution in [1.29, 1.82) is 0 Å². The monoisotopic (exact) mass is 301 g/mol. The second-order valence-electron chi connectivity index (χ2n) is 4.38. The number of hydrogen-bond donors (Lipinski definition) is 1. The van der Waals surface area contributed by atoms with Crippen LogP contribution in [0.2, 0.25) is 0 Å².